The number of carbonyl (C=O) groups excluding carboxylic acids is 1. The molecule has 2 heterocycles. The van der Waals surface area contributed by atoms with E-state index in [1.165, 1.54) is 5.56 Å². The molecule has 0 bridgehead atoms. The molecule has 0 atom stereocenters. The molecule has 36 heavy (non-hydrogen) atoms. The first-order valence-electron chi connectivity index (χ1n) is 12.9. The third kappa shape index (κ3) is 6.85. The minimum atomic E-state index is 0.146. The van der Waals surface area contributed by atoms with Gasteiger partial charge in [-0.2, -0.15) is 5.10 Å². The molecule has 0 radical (unpaired) electrons. The quantitative estimate of drug-likeness (QED) is 0.308. The van der Waals surface area contributed by atoms with E-state index in [9.17, 15) is 4.79 Å². The molecule has 0 N–H and O–H groups in total. The van der Waals surface area contributed by atoms with Gasteiger partial charge in [-0.1, -0.05) is 31.5 Å². The number of nitrogens with zero attached hydrogens (tertiary/aromatic N) is 3. The van der Waals surface area contributed by atoms with Crippen molar-refractivity contribution in [2.45, 2.75) is 46.1 Å². The molecule has 1 aliphatic heterocycles. The minimum absolute atomic E-state index is 0.146. The smallest absolute Gasteiger partial charge is 0.155 e. The monoisotopic (exact) mass is 487 g/mol. The van der Waals surface area contributed by atoms with Crippen LogP contribution >= 0.6 is 0 Å². The highest BCUT2D eigenvalue weighted by Crippen LogP contribution is 2.33. The summed E-state index contributed by atoms with van der Waals surface area (Å²) in [7, 11) is 1.94. The molecular formula is C30H37N3O3. The lowest BCUT2D eigenvalue weighted by atomic mass is 9.95. The van der Waals surface area contributed by atoms with E-state index in [1.54, 1.807) is 6.92 Å². The zero-order valence-electron chi connectivity index (χ0n) is 21.7. The van der Waals surface area contributed by atoms with E-state index in [2.05, 4.69) is 59.5 Å². The van der Waals surface area contributed by atoms with Crippen molar-refractivity contribution < 1.29 is 14.3 Å². The molecule has 0 unspecified atom stereocenters. The van der Waals surface area contributed by atoms with Crippen LogP contribution in [0.4, 0.5) is 5.69 Å². The summed E-state index contributed by atoms with van der Waals surface area (Å²) in [6, 6.07) is 14.7. The van der Waals surface area contributed by atoms with Crippen molar-refractivity contribution in [2.24, 2.45) is 7.05 Å². The summed E-state index contributed by atoms with van der Waals surface area (Å²) in [6.45, 7) is 7.44. The lowest BCUT2D eigenvalue weighted by molar-refractivity contribution is -0.113. The number of ether oxygens (including phenoxy) is 2. The van der Waals surface area contributed by atoms with Crippen LogP contribution in [-0.4, -0.2) is 41.9 Å². The number of Topliss-reactive ketones (excluding diaryl/α,β-unsaturated/α-hetero) is 1. The highest BCUT2D eigenvalue weighted by molar-refractivity contribution is 5.99. The van der Waals surface area contributed by atoms with Crippen LogP contribution in [0.25, 0.3) is 17.2 Å². The number of carbonyl (C=O) groups is 1. The van der Waals surface area contributed by atoms with E-state index < -0.39 is 0 Å². The number of anilines is 1. The van der Waals surface area contributed by atoms with E-state index in [0.717, 1.165) is 79.1 Å². The molecule has 3 aromatic rings. The fourth-order valence-corrected chi connectivity index (χ4v) is 4.50. The molecule has 0 saturated carbocycles. The van der Waals surface area contributed by atoms with Crippen LogP contribution in [0.2, 0.25) is 0 Å². The van der Waals surface area contributed by atoms with Crippen LogP contribution < -0.4 is 9.64 Å². The van der Waals surface area contributed by atoms with Gasteiger partial charge in [0.2, 0.25) is 0 Å². The Bertz CT molecular complexity index is 1180. The Balaban J connectivity index is 1.53. The molecule has 0 saturated heterocycles. The minimum Gasteiger partial charge on any atom is -0.491 e. The summed E-state index contributed by atoms with van der Waals surface area (Å²) in [5, 5.41) is 4.33. The number of hydrogen-bond donors (Lipinski definition) is 0. The Morgan fingerprint density at radius 2 is 1.86 bits per heavy atom. The predicted molar refractivity (Wildman–Crippen MR) is 145 cm³/mol. The molecule has 6 nitrogen and oxygen atoms in total. The summed E-state index contributed by atoms with van der Waals surface area (Å²) < 4.78 is 13.2. The Morgan fingerprint density at radius 1 is 1.06 bits per heavy atom. The van der Waals surface area contributed by atoms with Crippen molar-refractivity contribution in [3.8, 4) is 16.9 Å². The summed E-state index contributed by atoms with van der Waals surface area (Å²) in [4.78, 5) is 14.7. The van der Waals surface area contributed by atoms with Gasteiger partial charge in [0.1, 0.15) is 12.4 Å². The molecule has 6 heteroatoms. The molecule has 0 aliphatic carbocycles. The molecule has 2 aromatic carbocycles. The highest BCUT2D eigenvalue weighted by atomic mass is 16.5. The van der Waals surface area contributed by atoms with E-state index in [-0.39, 0.29) is 5.78 Å². The van der Waals surface area contributed by atoms with Crippen molar-refractivity contribution in [1.29, 1.82) is 0 Å². The molecule has 0 amide bonds. The lowest BCUT2D eigenvalue weighted by Crippen LogP contribution is -2.26. The second kappa shape index (κ2) is 12.5. The Labute approximate surface area is 214 Å². The first-order valence-corrected chi connectivity index (χ1v) is 12.9. The number of ketones is 1. The van der Waals surface area contributed by atoms with Crippen LogP contribution in [0, 0.1) is 0 Å². The van der Waals surface area contributed by atoms with E-state index >= 15 is 0 Å². The molecule has 4 rings (SSSR count). The zero-order valence-corrected chi connectivity index (χ0v) is 21.7. The Morgan fingerprint density at radius 3 is 2.58 bits per heavy atom. The van der Waals surface area contributed by atoms with Crippen LogP contribution in [0.3, 0.4) is 0 Å². The largest absolute Gasteiger partial charge is 0.491 e. The van der Waals surface area contributed by atoms with Crippen LogP contribution in [0.1, 0.15) is 50.7 Å². The van der Waals surface area contributed by atoms with Crippen molar-refractivity contribution >= 4 is 17.5 Å². The average molecular weight is 488 g/mol. The molecule has 0 fully saturated rings. The van der Waals surface area contributed by atoms with E-state index in [0.29, 0.717) is 13.2 Å². The number of unbranched alkanes of at least 4 members (excludes halogenated alkanes) is 1. The molecule has 1 aliphatic rings. The van der Waals surface area contributed by atoms with Gasteiger partial charge >= 0.3 is 0 Å². The standard InChI is InChI=1S/C30H37N3O3/c1-4-5-15-35-16-17-36-29-11-8-25(9-12-29)27-10-13-30-28(19-27)18-26(23(2)34)7-6-14-33(30)22-24-20-31-32(3)21-24/h8-13,18-21H,4-7,14-17,22H2,1-3H3/b26-18+. The Kier molecular flexibility index (Phi) is 8.95. The fraction of sp³-hybridized carbons (Fsp3) is 0.400. The number of hydrogen-bond acceptors (Lipinski definition) is 5. The van der Waals surface area contributed by atoms with Crippen LogP contribution in [0.15, 0.2) is 60.4 Å². The maximum atomic E-state index is 12.3. The highest BCUT2D eigenvalue weighted by Gasteiger charge is 2.18. The zero-order chi connectivity index (χ0) is 25.3. The van der Waals surface area contributed by atoms with Gasteiger partial charge in [-0.15, -0.1) is 0 Å². The molecular weight excluding hydrogens is 450 g/mol. The molecule has 1 aromatic heterocycles. The van der Waals surface area contributed by atoms with Gasteiger partial charge in [0.05, 0.1) is 12.8 Å². The average Bonchev–Trinajstić information content (AvgIpc) is 3.28. The third-order valence-corrected chi connectivity index (χ3v) is 6.48. The van der Waals surface area contributed by atoms with Gasteiger partial charge < -0.3 is 14.4 Å². The SMILES string of the molecule is CCCCOCCOc1ccc(-c2ccc3c(c2)/C=C(/C(C)=O)CCCN3Cc2cnn(C)c2)cc1. The number of fused-ring (bicyclic) bond motifs is 1. The number of aromatic nitrogens is 2. The van der Waals surface area contributed by atoms with Crippen molar-refractivity contribution in [3.63, 3.8) is 0 Å². The fourth-order valence-electron chi connectivity index (χ4n) is 4.50. The van der Waals surface area contributed by atoms with E-state index in [1.807, 2.05) is 30.1 Å². The van der Waals surface area contributed by atoms with Gasteiger partial charge in [0.25, 0.3) is 0 Å². The van der Waals surface area contributed by atoms with Crippen LogP contribution in [-0.2, 0) is 23.1 Å². The topological polar surface area (TPSA) is 56.6 Å². The normalized spacial score (nSPS) is 15.0. The Hall–Kier alpha value is -3.38. The summed E-state index contributed by atoms with van der Waals surface area (Å²) >= 11 is 0. The first-order chi connectivity index (χ1) is 17.5. The van der Waals surface area contributed by atoms with E-state index in [4.69, 9.17) is 9.47 Å². The van der Waals surface area contributed by atoms with Gasteiger partial charge in [0.15, 0.2) is 5.78 Å². The second-order valence-corrected chi connectivity index (χ2v) is 9.39. The number of rotatable bonds is 11. The van der Waals surface area contributed by atoms with Gasteiger partial charge in [0, 0.05) is 44.2 Å². The third-order valence-electron chi connectivity index (χ3n) is 6.48. The lowest BCUT2D eigenvalue weighted by Gasteiger charge is -2.28. The maximum Gasteiger partial charge on any atom is 0.155 e. The molecule has 190 valence electrons. The van der Waals surface area contributed by atoms with Crippen molar-refractivity contribution in [3.05, 3.63) is 71.6 Å². The number of allylic oxidation sites excluding steroid dienone is 1. The summed E-state index contributed by atoms with van der Waals surface area (Å²) in [5.74, 6) is 0.984. The van der Waals surface area contributed by atoms with Gasteiger partial charge in [-0.3, -0.25) is 9.48 Å². The summed E-state index contributed by atoms with van der Waals surface area (Å²) in [6.07, 6.45) is 10.0. The number of aryl methyl sites for hydroxylation is 1. The predicted octanol–water partition coefficient (Wildman–Crippen LogP) is 6.06. The second-order valence-electron chi connectivity index (χ2n) is 9.39. The summed E-state index contributed by atoms with van der Waals surface area (Å²) in [5.41, 5.74) is 6.51. The maximum absolute atomic E-state index is 12.3. The van der Waals surface area contributed by atoms with Gasteiger partial charge in [-0.25, -0.2) is 0 Å². The first kappa shape index (κ1) is 25.7. The molecule has 0 spiro atoms. The van der Waals surface area contributed by atoms with Crippen molar-refractivity contribution in [2.75, 3.05) is 31.3 Å². The van der Waals surface area contributed by atoms with Crippen LogP contribution in [0.5, 0.6) is 5.75 Å². The van der Waals surface area contributed by atoms with Crippen molar-refractivity contribution in [1.82, 2.24) is 9.78 Å². The number of benzene rings is 2. The van der Waals surface area contributed by atoms with Gasteiger partial charge in [-0.05, 0) is 78.8 Å².